The maximum Gasteiger partial charge on any atom is 0.263 e. The van der Waals surface area contributed by atoms with Crippen molar-refractivity contribution in [2.75, 3.05) is 24.9 Å². The van der Waals surface area contributed by atoms with Crippen molar-refractivity contribution in [2.45, 2.75) is 19.8 Å². The number of hydrogen-bond acceptors (Lipinski definition) is 6. The highest BCUT2D eigenvalue weighted by atomic mass is 32.1. The van der Waals surface area contributed by atoms with Gasteiger partial charge >= 0.3 is 0 Å². The zero-order chi connectivity index (χ0) is 20.1. The lowest BCUT2D eigenvalue weighted by Crippen LogP contribution is -2.14. The summed E-state index contributed by atoms with van der Waals surface area (Å²) in [6.07, 6.45) is 1.23. The lowest BCUT2D eigenvalue weighted by atomic mass is 10.1. The minimum Gasteiger partial charge on any atom is -0.496 e. The van der Waals surface area contributed by atoms with Crippen molar-refractivity contribution < 1.29 is 19.1 Å². The number of amides is 2. The van der Waals surface area contributed by atoms with E-state index in [-0.39, 0.29) is 11.8 Å². The summed E-state index contributed by atoms with van der Waals surface area (Å²) in [6.45, 7) is 1.95. The van der Waals surface area contributed by atoms with Gasteiger partial charge < -0.3 is 20.1 Å². The van der Waals surface area contributed by atoms with E-state index in [4.69, 9.17) is 9.47 Å². The number of carbonyl (C=O) groups is 2. The van der Waals surface area contributed by atoms with Crippen LogP contribution >= 0.6 is 11.3 Å². The van der Waals surface area contributed by atoms with Gasteiger partial charge in [0.25, 0.3) is 5.91 Å². The molecule has 146 valence electrons. The maximum atomic E-state index is 12.8. The summed E-state index contributed by atoms with van der Waals surface area (Å²) >= 11 is 1.36. The van der Waals surface area contributed by atoms with Gasteiger partial charge in [0.15, 0.2) is 5.13 Å². The molecule has 0 atom stereocenters. The molecule has 0 radical (unpaired) electrons. The number of hydrogen-bond donors (Lipinski definition) is 2. The second-order valence-electron chi connectivity index (χ2n) is 5.99. The summed E-state index contributed by atoms with van der Waals surface area (Å²) < 4.78 is 11.4. The van der Waals surface area contributed by atoms with Crippen LogP contribution in [0.4, 0.5) is 10.8 Å². The molecule has 0 saturated heterocycles. The number of thiazole rings is 1. The largest absolute Gasteiger partial charge is 0.496 e. The summed E-state index contributed by atoms with van der Waals surface area (Å²) in [5.74, 6) is 0.460. The van der Waals surface area contributed by atoms with E-state index in [1.807, 2.05) is 13.0 Å². The fraction of sp³-hybridized carbons (Fsp3) is 0.250. The smallest absolute Gasteiger partial charge is 0.263 e. The molecule has 0 saturated carbocycles. The standard InChI is InChI=1S/C20H21N3O4S/c1-4-6-17(24)23-20-22-13-10-9-12(11-16(13)28-20)21-19(25)18-14(26-2)7-5-8-15(18)27-3/h5,7-11H,4,6H2,1-3H3,(H,21,25)(H,22,23,24). The number of ether oxygens (including phenoxy) is 2. The number of aromatic nitrogens is 1. The van der Waals surface area contributed by atoms with Gasteiger partial charge in [-0.3, -0.25) is 9.59 Å². The second kappa shape index (κ2) is 8.71. The van der Waals surface area contributed by atoms with Crippen LogP contribution in [0.3, 0.4) is 0 Å². The first-order chi connectivity index (χ1) is 13.5. The van der Waals surface area contributed by atoms with E-state index in [0.29, 0.717) is 34.3 Å². The number of methoxy groups -OCH3 is 2. The highest BCUT2D eigenvalue weighted by Crippen LogP contribution is 2.31. The van der Waals surface area contributed by atoms with Crippen molar-refractivity contribution in [3.8, 4) is 11.5 Å². The molecule has 3 aromatic rings. The van der Waals surface area contributed by atoms with Crippen molar-refractivity contribution in [2.24, 2.45) is 0 Å². The number of rotatable bonds is 7. The molecular weight excluding hydrogens is 378 g/mol. The van der Waals surface area contributed by atoms with Gasteiger partial charge in [0.1, 0.15) is 17.1 Å². The van der Waals surface area contributed by atoms with Gasteiger partial charge in [0, 0.05) is 12.1 Å². The zero-order valence-electron chi connectivity index (χ0n) is 15.9. The van der Waals surface area contributed by atoms with E-state index < -0.39 is 0 Å². The third kappa shape index (κ3) is 4.23. The van der Waals surface area contributed by atoms with Gasteiger partial charge in [-0.25, -0.2) is 4.98 Å². The van der Waals surface area contributed by atoms with Crippen LogP contribution in [0.1, 0.15) is 30.1 Å². The first kappa shape index (κ1) is 19.6. The predicted octanol–water partition coefficient (Wildman–Crippen LogP) is 4.30. The molecule has 2 N–H and O–H groups in total. The van der Waals surface area contributed by atoms with Crippen molar-refractivity contribution >= 4 is 44.2 Å². The zero-order valence-corrected chi connectivity index (χ0v) is 16.7. The molecule has 1 heterocycles. The van der Waals surface area contributed by atoms with Crippen LogP contribution in [0.5, 0.6) is 11.5 Å². The van der Waals surface area contributed by atoms with Gasteiger partial charge in [0.2, 0.25) is 5.91 Å². The molecule has 2 aromatic carbocycles. The molecule has 0 unspecified atom stereocenters. The molecule has 0 bridgehead atoms. The highest BCUT2D eigenvalue weighted by molar-refractivity contribution is 7.22. The Bertz CT molecular complexity index is 994. The lowest BCUT2D eigenvalue weighted by molar-refractivity contribution is -0.116. The van der Waals surface area contributed by atoms with Crippen LogP contribution in [0.2, 0.25) is 0 Å². The molecule has 1 aromatic heterocycles. The summed E-state index contributed by atoms with van der Waals surface area (Å²) in [6, 6.07) is 10.6. The van der Waals surface area contributed by atoms with E-state index in [2.05, 4.69) is 15.6 Å². The first-order valence-corrected chi connectivity index (χ1v) is 9.60. The van der Waals surface area contributed by atoms with Crippen LogP contribution in [0, 0.1) is 0 Å². The molecule has 0 aliphatic rings. The van der Waals surface area contributed by atoms with Crippen LogP contribution in [-0.2, 0) is 4.79 Å². The number of carbonyl (C=O) groups excluding carboxylic acids is 2. The normalized spacial score (nSPS) is 10.5. The molecule has 28 heavy (non-hydrogen) atoms. The topological polar surface area (TPSA) is 89.6 Å². The first-order valence-electron chi connectivity index (χ1n) is 8.78. The van der Waals surface area contributed by atoms with E-state index in [1.54, 1.807) is 30.3 Å². The van der Waals surface area contributed by atoms with Crippen molar-refractivity contribution in [3.63, 3.8) is 0 Å². The maximum absolute atomic E-state index is 12.8. The minimum absolute atomic E-state index is 0.0571. The molecule has 2 amide bonds. The summed E-state index contributed by atoms with van der Waals surface area (Å²) in [7, 11) is 3.01. The highest BCUT2D eigenvalue weighted by Gasteiger charge is 2.18. The molecule has 0 spiro atoms. The minimum atomic E-state index is -0.338. The Kier molecular flexibility index (Phi) is 6.10. The van der Waals surface area contributed by atoms with Gasteiger partial charge in [-0.05, 0) is 36.8 Å². The van der Waals surface area contributed by atoms with Crippen LogP contribution in [-0.4, -0.2) is 31.0 Å². The fourth-order valence-corrected chi connectivity index (χ4v) is 3.65. The molecule has 8 heteroatoms. The third-order valence-electron chi connectivity index (χ3n) is 4.02. The van der Waals surface area contributed by atoms with Crippen molar-refractivity contribution in [1.82, 2.24) is 4.98 Å². The summed E-state index contributed by atoms with van der Waals surface area (Å²) in [4.78, 5) is 28.9. The summed E-state index contributed by atoms with van der Waals surface area (Å²) in [5, 5.41) is 6.20. The number of benzene rings is 2. The van der Waals surface area contributed by atoms with E-state index >= 15 is 0 Å². The Hall–Kier alpha value is -3.13. The second-order valence-corrected chi connectivity index (χ2v) is 7.02. The van der Waals surface area contributed by atoms with E-state index in [9.17, 15) is 9.59 Å². The van der Waals surface area contributed by atoms with Gasteiger partial charge in [-0.1, -0.05) is 24.3 Å². The summed E-state index contributed by atoms with van der Waals surface area (Å²) in [5.41, 5.74) is 1.69. The van der Waals surface area contributed by atoms with Gasteiger partial charge in [0.05, 0.1) is 24.4 Å². The Balaban J connectivity index is 1.83. The third-order valence-corrected chi connectivity index (χ3v) is 4.96. The lowest BCUT2D eigenvalue weighted by Gasteiger charge is -2.13. The van der Waals surface area contributed by atoms with Gasteiger partial charge in [-0.15, -0.1) is 0 Å². The van der Waals surface area contributed by atoms with Crippen molar-refractivity contribution in [3.05, 3.63) is 42.0 Å². The molecule has 3 rings (SSSR count). The SMILES string of the molecule is CCCC(=O)Nc1nc2ccc(NC(=O)c3c(OC)cccc3OC)cc2s1. The molecular formula is C20H21N3O4S. The number of nitrogens with one attached hydrogen (secondary N) is 2. The van der Waals surface area contributed by atoms with E-state index in [0.717, 1.165) is 16.6 Å². The fourth-order valence-electron chi connectivity index (χ4n) is 2.73. The Morgan fingerprint density at radius 3 is 2.43 bits per heavy atom. The van der Waals surface area contributed by atoms with Crippen LogP contribution in [0.15, 0.2) is 36.4 Å². The average Bonchev–Trinajstić information content (AvgIpc) is 3.08. The predicted molar refractivity (Wildman–Crippen MR) is 111 cm³/mol. The average molecular weight is 399 g/mol. The molecule has 7 nitrogen and oxygen atoms in total. The molecule has 0 fully saturated rings. The van der Waals surface area contributed by atoms with Gasteiger partial charge in [-0.2, -0.15) is 0 Å². The molecule has 0 aliphatic carbocycles. The van der Waals surface area contributed by atoms with Crippen molar-refractivity contribution in [1.29, 1.82) is 0 Å². The van der Waals surface area contributed by atoms with Crippen LogP contribution in [0.25, 0.3) is 10.2 Å². The Morgan fingerprint density at radius 1 is 1.07 bits per heavy atom. The Labute approximate surface area is 166 Å². The number of nitrogens with zero attached hydrogens (tertiary/aromatic N) is 1. The number of anilines is 2. The quantitative estimate of drug-likeness (QED) is 0.618. The molecule has 0 aliphatic heterocycles. The van der Waals surface area contributed by atoms with E-state index in [1.165, 1.54) is 25.6 Å². The van der Waals surface area contributed by atoms with Crippen LogP contribution < -0.4 is 20.1 Å². The Morgan fingerprint density at radius 2 is 1.79 bits per heavy atom. The monoisotopic (exact) mass is 399 g/mol. The number of fused-ring (bicyclic) bond motifs is 1.